The van der Waals surface area contributed by atoms with Gasteiger partial charge in [0.05, 0.1) is 17.4 Å². The normalized spacial score (nSPS) is 14.2. The monoisotopic (exact) mass is 358 g/mol. The molecule has 2 aromatic rings. The molecule has 3 rings (SSSR count). The molecule has 1 amide bonds. The maximum atomic E-state index is 14.2. The van der Waals surface area contributed by atoms with E-state index in [2.05, 4.69) is 10.3 Å². The number of amides is 1. The largest absolute Gasteiger partial charge is 0.487 e. The third-order valence-corrected chi connectivity index (χ3v) is 4.33. The van der Waals surface area contributed by atoms with Crippen molar-refractivity contribution in [3.63, 3.8) is 0 Å². The lowest BCUT2D eigenvalue weighted by Crippen LogP contribution is -2.16. The smallest absolute Gasteiger partial charge is 0.337 e. The number of halogens is 1. The summed E-state index contributed by atoms with van der Waals surface area (Å²) in [5, 5.41) is 11.5. The number of ether oxygens (including phenoxy) is 1. The molecule has 0 radical (unpaired) electrons. The Kier molecular flexibility index (Phi) is 5.16. The molecule has 1 fully saturated rings. The van der Waals surface area contributed by atoms with E-state index in [-0.39, 0.29) is 34.5 Å². The third-order valence-electron chi connectivity index (χ3n) is 4.33. The number of hydrogen-bond acceptors (Lipinski definition) is 4. The number of pyridine rings is 1. The summed E-state index contributed by atoms with van der Waals surface area (Å²) >= 11 is 0. The summed E-state index contributed by atoms with van der Waals surface area (Å²) in [6.45, 7) is 1.51. The van der Waals surface area contributed by atoms with Gasteiger partial charge in [0.2, 0.25) is 0 Å². The van der Waals surface area contributed by atoms with Crippen molar-refractivity contribution in [2.24, 2.45) is 0 Å². The van der Waals surface area contributed by atoms with Crippen molar-refractivity contribution in [3.8, 4) is 5.75 Å². The van der Waals surface area contributed by atoms with Crippen LogP contribution in [0.25, 0.3) is 0 Å². The number of carboxylic acids is 1. The lowest BCUT2D eigenvalue weighted by molar-refractivity contribution is 0.0695. The maximum Gasteiger partial charge on any atom is 0.337 e. The van der Waals surface area contributed by atoms with E-state index < -0.39 is 17.7 Å². The number of nitrogens with one attached hydrogen (secondary N) is 1. The molecule has 1 aromatic carbocycles. The van der Waals surface area contributed by atoms with Crippen molar-refractivity contribution in [1.82, 2.24) is 4.98 Å². The van der Waals surface area contributed by atoms with Gasteiger partial charge in [0.1, 0.15) is 5.69 Å². The van der Waals surface area contributed by atoms with Crippen LogP contribution < -0.4 is 10.1 Å². The van der Waals surface area contributed by atoms with Gasteiger partial charge in [-0.1, -0.05) is 0 Å². The fourth-order valence-corrected chi connectivity index (χ4v) is 2.97. The Morgan fingerprint density at radius 1 is 1.23 bits per heavy atom. The van der Waals surface area contributed by atoms with Gasteiger partial charge >= 0.3 is 5.97 Å². The predicted molar refractivity (Wildman–Crippen MR) is 93.2 cm³/mol. The molecule has 0 saturated heterocycles. The van der Waals surface area contributed by atoms with Crippen molar-refractivity contribution < 1.29 is 23.8 Å². The van der Waals surface area contributed by atoms with Gasteiger partial charge < -0.3 is 15.2 Å². The molecule has 136 valence electrons. The molecule has 0 aliphatic heterocycles. The van der Waals surface area contributed by atoms with Crippen LogP contribution in [0.4, 0.5) is 10.1 Å². The number of carbonyl (C=O) groups excluding carboxylic acids is 1. The van der Waals surface area contributed by atoms with Crippen molar-refractivity contribution in [2.75, 3.05) is 5.32 Å². The number of aromatic nitrogens is 1. The van der Waals surface area contributed by atoms with Gasteiger partial charge in [-0.25, -0.2) is 14.2 Å². The average Bonchev–Trinajstić information content (AvgIpc) is 3.10. The fraction of sp³-hybridized carbons (Fsp3) is 0.316. The van der Waals surface area contributed by atoms with E-state index in [1.807, 2.05) is 0 Å². The summed E-state index contributed by atoms with van der Waals surface area (Å²) < 4.78 is 19.9. The molecule has 2 N–H and O–H groups in total. The Labute approximate surface area is 150 Å². The first kappa shape index (κ1) is 17.8. The number of carbonyl (C=O) groups is 2. The SMILES string of the molecule is Cc1nc(C(=O)Nc2ccc(OC3CCCC3)c(F)c2)ccc1C(=O)O. The highest BCUT2D eigenvalue weighted by molar-refractivity contribution is 6.03. The molecule has 0 spiro atoms. The molecule has 0 unspecified atom stereocenters. The average molecular weight is 358 g/mol. The summed E-state index contributed by atoms with van der Waals surface area (Å²) in [7, 11) is 0. The molecular weight excluding hydrogens is 339 g/mol. The zero-order valence-electron chi connectivity index (χ0n) is 14.3. The van der Waals surface area contributed by atoms with Crippen LogP contribution in [0.3, 0.4) is 0 Å². The second-order valence-corrected chi connectivity index (χ2v) is 6.26. The van der Waals surface area contributed by atoms with Crippen molar-refractivity contribution >= 4 is 17.6 Å². The van der Waals surface area contributed by atoms with Crippen LogP contribution in [0, 0.1) is 12.7 Å². The number of carboxylic acid groups (broad SMARTS) is 1. The predicted octanol–water partition coefficient (Wildman–Crippen LogP) is 3.80. The number of hydrogen-bond donors (Lipinski definition) is 2. The summed E-state index contributed by atoms with van der Waals surface area (Å²) in [6.07, 6.45) is 4.08. The zero-order valence-corrected chi connectivity index (χ0v) is 14.3. The summed E-state index contributed by atoms with van der Waals surface area (Å²) in [5.41, 5.74) is 0.588. The second kappa shape index (κ2) is 7.51. The number of benzene rings is 1. The lowest BCUT2D eigenvalue weighted by atomic mass is 10.2. The highest BCUT2D eigenvalue weighted by atomic mass is 19.1. The molecule has 0 atom stereocenters. The molecule has 1 aliphatic rings. The summed E-state index contributed by atoms with van der Waals surface area (Å²) in [5.74, 6) is -2.02. The summed E-state index contributed by atoms with van der Waals surface area (Å²) in [4.78, 5) is 27.2. The van der Waals surface area contributed by atoms with Gasteiger partial charge in [-0.15, -0.1) is 0 Å². The van der Waals surface area contributed by atoms with E-state index in [0.717, 1.165) is 25.7 Å². The van der Waals surface area contributed by atoms with Gasteiger partial charge in [-0.3, -0.25) is 4.79 Å². The first-order valence-electron chi connectivity index (χ1n) is 8.42. The highest BCUT2D eigenvalue weighted by Gasteiger charge is 2.19. The van der Waals surface area contributed by atoms with Crippen molar-refractivity contribution in [1.29, 1.82) is 0 Å². The van der Waals surface area contributed by atoms with Crippen LogP contribution in [0.5, 0.6) is 5.75 Å². The second-order valence-electron chi connectivity index (χ2n) is 6.26. The number of aryl methyl sites for hydroxylation is 1. The first-order valence-corrected chi connectivity index (χ1v) is 8.42. The molecular formula is C19H19FN2O4. The molecule has 1 heterocycles. The van der Waals surface area contributed by atoms with Gasteiger partial charge in [0.25, 0.3) is 5.91 Å². The van der Waals surface area contributed by atoms with Crippen LogP contribution in [0.2, 0.25) is 0 Å². The van der Waals surface area contributed by atoms with Crippen molar-refractivity contribution in [3.05, 3.63) is 53.1 Å². The Morgan fingerprint density at radius 2 is 1.96 bits per heavy atom. The molecule has 1 aliphatic carbocycles. The Bertz CT molecular complexity index is 847. The van der Waals surface area contributed by atoms with Crippen LogP contribution in [-0.2, 0) is 0 Å². The maximum absolute atomic E-state index is 14.2. The minimum atomic E-state index is -1.11. The Balaban J connectivity index is 1.70. The van der Waals surface area contributed by atoms with Crippen LogP contribution in [-0.4, -0.2) is 28.1 Å². The van der Waals surface area contributed by atoms with Gasteiger partial charge in [0, 0.05) is 11.8 Å². The van der Waals surface area contributed by atoms with E-state index >= 15 is 0 Å². The van der Waals surface area contributed by atoms with Crippen molar-refractivity contribution in [2.45, 2.75) is 38.7 Å². The van der Waals surface area contributed by atoms with E-state index in [0.29, 0.717) is 0 Å². The fourth-order valence-electron chi connectivity index (χ4n) is 2.97. The van der Waals surface area contributed by atoms with Gasteiger partial charge in [-0.2, -0.15) is 0 Å². The number of nitrogens with zero attached hydrogens (tertiary/aromatic N) is 1. The zero-order chi connectivity index (χ0) is 18.7. The van der Waals surface area contributed by atoms with E-state index in [4.69, 9.17) is 9.84 Å². The van der Waals surface area contributed by atoms with Gasteiger partial charge in [0.15, 0.2) is 11.6 Å². The lowest BCUT2D eigenvalue weighted by Gasteiger charge is -2.14. The van der Waals surface area contributed by atoms with E-state index in [1.54, 1.807) is 6.07 Å². The molecule has 26 heavy (non-hydrogen) atoms. The van der Waals surface area contributed by atoms with E-state index in [9.17, 15) is 14.0 Å². The van der Waals surface area contributed by atoms with E-state index in [1.165, 1.54) is 31.2 Å². The molecule has 6 nitrogen and oxygen atoms in total. The number of rotatable bonds is 5. The Morgan fingerprint density at radius 3 is 2.58 bits per heavy atom. The number of aromatic carboxylic acids is 1. The van der Waals surface area contributed by atoms with Crippen LogP contribution in [0.15, 0.2) is 30.3 Å². The minimum Gasteiger partial charge on any atom is -0.487 e. The topological polar surface area (TPSA) is 88.5 Å². The van der Waals surface area contributed by atoms with Gasteiger partial charge in [-0.05, 0) is 56.9 Å². The summed E-state index contributed by atoms with van der Waals surface area (Å²) in [6, 6.07) is 6.89. The third kappa shape index (κ3) is 3.99. The Hall–Kier alpha value is -2.96. The highest BCUT2D eigenvalue weighted by Crippen LogP contribution is 2.27. The molecule has 1 aromatic heterocycles. The minimum absolute atomic E-state index is 0.0287. The van der Waals surface area contributed by atoms with Crippen LogP contribution >= 0.6 is 0 Å². The molecule has 1 saturated carbocycles. The standard InChI is InChI=1S/C19H19FN2O4/c1-11-14(19(24)25)7-8-16(21-11)18(23)22-12-6-9-17(15(20)10-12)26-13-4-2-3-5-13/h6-10,13H,2-5H2,1H3,(H,22,23)(H,24,25). The van der Waals surface area contributed by atoms with Crippen LogP contribution in [0.1, 0.15) is 52.2 Å². The molecule has 7 heteroatoms. The quantitative estimate of drug-likeness (QED) is 0.849. The number of anilines is 1. The molecule has 0 bridgehead atoms. The first-order chi connectivity index (χ1) is 12.4.